The Bertz CT molecular complexity index is 970. The van der Waals surface area contributed by atoms with Gasteiger partial charge in [-0.25, -0.2) is 0 Å². The Morgan fingerprint density at radius 1 is 0.667 bits per heavy atom. The van der Waals surface area contributed by atoms with Gasteiger partial charge >= 0.3 is 0 Å². The van der Waals surface area contributed by atoms with Crippen LogP contribution in [0.1, 0.15) is 86.9 Å². The van der Waals surface area contributed by atoms with Gasteiger partial charge in [0, 0.05) is 47.4 Å². The number of hydrogen-bond donors (Lipinski definition) is 4. The Morgan fingerprint density at radius 2 is 1.06 bits per heavy atom. The molecule has 2 rings (SSSR count). The zero-order valence-electron chi connectivity index (χ0n) is 21.6. The Kier molecular flexibility index (Phi) is 11.6. The maximum Gasteiger partial charge on any atom is 0.251 e. The highest BCUT2D eigenvalue weighted by molar-refractivity contribution is 5.98. The van der Waals surface area contributed by atoms with Gasteiger partial charge in [0.25, 0.3) is 11.8 Å². The standard InChI is InChI=1S/C28H38N4O4/c1-5-19(3)29-27(35)21-11-9-13-23(17-21)31-25(33)15-7-8-16-26(34)32-24-14-10-12-22(18-24)28(36)30-20(4)6-2/h9-14,17-20H,5-8,15-16H2,1-4H3,(H,29,35)(H,30,36)(H,31,33)(H,32,34). The minimum absolute atomic E-state index is 0.0750. The van der Waals surface area contributed by atoms with Crippen LogP contribution in [0, 0.1) is 0 Å². The molecule has 0 bridgehead atoms. The van der Waals surface area contributed by atoms with Crippen LogP contribution in [0.5, 0.6) is 0 Å². The normalized spacial score (nSPS) is 12.2. The molecule has 2 unspecified atom stereocenters. The van der Waals surface area contributed by atoms with Gasteiger partial charge < -0.3 is 21.3 Å². The molecule has 0 saturated carbocycles. The van der Waals surface area contributed by atoms with Gasteiger partial charge in [-0.05, 0) is 75.9 Å². The number of benzene rings is 2. The molecule has 0 heterocycles. The Hall–Kier alpha value is -3.68. The number of rotatable bonds is 13. The minimum Gasteiger partial charge on any atom is -0.350 e. The second kappa shape index (κ2) is 14.7. The van der Waals surface area contributed by atoms with Crippen molar-refractivity contribution in [3.05, 3.63) is 59.7 Å². The van der Waals surface area contributed by atoms with Crippen LogP contribution >= 0.6 is 0 Å². The maximum atomic E-state index is 12.3. The largest absolute Gasteiger partial charge is 0.350 e. The summed E-state index contributed by atoms with van der Waals surface area (Å²) >= 11 is 0. The fourth-order valence-electron chi connectivity index (χ4n) is 3.31. The highest BCUT2D eigenvalue weighted by Gasteiger charge is 2.12. The molecule has 8 heteroatoms. The van der Waals surface area contributed by atoms with Gasteiger partial charge in [-0.15, -0.1) is 0 Å². The van der Waals surface area contributed by atoms with Gasteiger partial charge in [-0.2, -0.15) is 0 Å². The molecule has 0 aromatic heterocycles. The van der Waals surface area contributed by atoms with Crippen LogP contribution in [-0.4, -0.2) is 35.7 Å². The smallest absolute Gasteiger partial charge is 0.251 e. The van der Waals surface area contributed by atoms with E-state index in [2.05, 4.69) is 21.3 Å². The van der Waals surface area contributed by atoms with Gasteiger partial charge in [0.05, 0.1) is 0 Å². The molecule has 0 fully saturated rings. The molecule has 0 saturated heterocycles. The molecule has 0 aliphatic heterocycles. The van der Waals surface area contributed by atoms with Crippen LogP contribution in [0.2, 0.25) is 0 Å². The predicted octanol–water partition coefficient (Wildman–Crippen LogP) is 4.88. The SMILES string of the molecule is CCC(C)NC(=O)c1cccc(NC(=O)CCCCC(=O)Nc2cccc(C(=O)NC(C)CC)c2)c1. The summed E-state index contributed by atoms with van der Waals surface area (Å²) in [6.07, 6.45) is 3.30. The molecule has 0 radical (unpaired) electrons. The van der Waals surface area contributed by atoms with E-state index in [1.165, 1.54) is 0 Å². The molecule has 2 aromatic carbocycles. The van der Waals surface area contributed by atoms with E-state index in [1.807, 2.05) is 27.7 Å². The van der Waals surface area contributed by atoms with Crippen molar-refractivity contribution in [2.24, 2.45) is 0 Å². The van der Waals surface area contributed by atoms with E-state index >= 15 is 0 Å². The molecule has 0 aliphatic rings. The lowest BCUT2D eigenvalue weighted by atomic mass is 10.1. The van der Waals surface area contributed by atoms with Gasteiger partial charge in [-0.3, -0.25) is 19.2 Å². The van der Waals surface area contributed by atoms with E-state index in [1.54, 1.807) is 48.5 Å². The summed E-state index contributed by atoms with van der Waals surface area (Å²) in [5.41, 5.74) is 2.11. The summed E-state index contributed by atoms with van der Waals surface area (Å²) in [5, 5.41) is 11.4. The molecule has 8 nitrogen and oxygen atoms in total. The molecule has 4 N–H and O–H groups in total. The Labute approximate surface area is 213 Å². The number of hydrogen-bond acceptors (Lipinski definition) is 4. The second-order valence-electron chi connectivity index (χ2n) is 9.03. The third-order valence-electron chi connectivity index (χ3n) is 5.85. The van der Waals surface area contributed by atoms with Crippen LogP contribution in [0.25, 0.3) is 0 Å². The third-order valence-corrected chi connectivity index (χ3v) is 5.85. The average Bonchev–Trinajstić information content (AvgIpc) is 2.86. The van der Waals surface area contributed by atoms with Crippen LogP contribution in [0.15, 0.2) is 48.5 Å². The highest BCUT2D eigenvalue weighted by atomic mass is 16.2. The van der Waals surface area contributed by atoms with Crippen molar-refractivity contribution >= 4 is 35.0 Å². The van der Waals surface area contributed by atoms with Crippen LogP contribution in [0.4, 0.5) is 11.4 Å². The van der Waals surface area contributed by atoms with E-state index in [9.17, 15) is 19.2 Å². The van der Waals surface area contributed by atoms with E-state index in [0.717, 1.165) is 12.8 Å². The quantitative estimate of drug-likeness (QED) is 0.297. The zero-order valence-corrected chi connectivity index (χ0v) is 21.6. The van der Waals surface area contributed by atoms with Crippen LogP contribution in [0.3, 0.4) is 0 Å². The summed E-state index contributed by atoms with van der Waals surface area (Å²) < 4.78 is 0. The van der Waals surface area contributed by atoms with Crippen molar-refractivity contribution < 1.29 is 19.2 Å². The van der Waals surface area contributed by atoms with Crippen molar-refractivity contribution in [2.45, 2.75) is 78.3 Å². The Morgan fingerprint density at radius 3 is 1.42 bits per heavy atom. The topological polar surface area (TPSA) is 116 Å². The fraction of sp³-hybridized carbons (Fsp3) is 0.429. The molecule has 0 spiro atoms. The minimum atomic E-state index is -0.173. The molecule has 4 amide bonds. The van der Waals surface area contributed by atoms with Crippen molar-refractivity contribution in [3.63, 3.8) is 0 Å². The Balaban J connectivity index is 1.75. The van der Waals surface area contributed by atoms with E-state index in [4.69, 9.17) is 0 Å². The summed E-state index contributed by atoms with van der Waals surface area (Å²) in [6, 6.07) is 13.8. The van der Waals surface area contributed by atoms with Crippen molar-refractivity contribution in [3.8, 4) is 0 Å². The first-order valence-electron chi connectivity index (χ1n) is 12.6. The number of carbonyl (C=O) groups is 4. The summed E-state index contributed by atoms with van der Waals surface area (Å²) in [4.78, 5) is 49.2. The van der Waals surface area contributed by atoms with Crippen LogP contribution in [-0.2, 0) is 9.59 Å². The molecular weight excluding hydrogens is 456 g/mol. The molecule has 194 valence electrons. The second-order valence-corrected chi connectivity index (χ2v) is 9.03. The van der Waals surface area contributed by atoms with E-state index in [0.29, 0.717) is 35.3 Å². The first kappa shape index (κ1) is 28.6. The highest BCUT2D eigenvalue weighted by Crippen LogP contribution is 2.14. The molecule has 36 heavy (non-hydrogen) atoms. The predicted molar refractivity (Wildman–Crippen MR) is 143 cm³/mol. The van der Waals surface area contributed by atoms with Crippen molar-refractivity contribution in [1.82, 2.24) is 10.6 Å². The zero-order chi connectivity index (χ0) is 26.5. The van der Waals surface area contributed by atoms with E-state index < -0.39 is 0 Å². The number of anilines is 2. The molecular formula is C28H38N4O4. The van der Waals surface area contributed by atoms with Crippen molar-refractivity contribution in [2.75, 3.05) is 10.6 Å². The lowest BCUT2D eigenvalue weighted by molar-refractivity contribution is -0.118. The lowest BCUT2D eigenvalue weighted by Crippen LogP contribution is -2.31. The van der Waals surface area contributed by atoms with E-state index in [-0.39, 0.29) is 48.6 Å². The molecule has 0 aliphatic carbocycles. The molecule has 2 aromatic rings. The number of carbonyl (C=O) groups excluding carboxylic acids is 4. The summed E-state index contributed by atoms with van der Waals surface area (Å²) in [7, 11) is 0. The number of nitrogens with one attached hydrogen (secondary N) is 4. The maximum absolute atomic E-state index is 12.3. The lowest BCUT2D eigenvalue weighted by Gasteiger charge is -2.12. The summed E-state index contributed by atoms with van der Waals surface area (Å²) in [5.74, 6) is -0.689. The van der Waals surface area contributed by atoms with Gasteiger partial charge in [0.15, 0.2) is 0 Å². The van der Waals surface area contributed by atoms with Gasteiger partial charge in [-0.1, -0.05) is 26.0 Å². The first-order valence-corrected chi connectivity index (χ1v) is 12.6. The number of amides is 4. The van der Waals surface area contributed by atoms with Gasteiger partial charge in [0.2, 0.25) is 11.8 Å². The fourth-order valence-corrected chi connectivity index (χ4v) is 3.31. The third kappa shape index (κ3) is 9.90. The summed E-state index contributed by atoms with van der Waals surface area (Å²) in [6.45, 7) is 7.87. The first-order chi connectivity index (χ1) is 17.2. The average molecular weight is 495 g/mol. The monoisotopic (exact) mass is 494 g/mol. The van der Waals surface area contributed by atoms with Crippen LogP contribution < -0.4 is 21.3 Å². The molecule has 2 atom stereocenters. The van der Waals surface area contributed by atoms with Gasteiger partial charge in [0.1, 0.15) is 0 Å². The van der Waals surface area contributed by atoms with Crippen molar-refractivity contribution in [1.29, 1.82) is 0 Å². The number of unbranched alkanes of at least 4 members (excludes halogenated alkanes) is 1.